The number of rotatable bonds is 5. The summed E-state index contributed by atoms with van der Waals surface area (Å²) >= 11 is 0. The fourth-order valence-corrected chi connectivity index (χ4v) is 2.25. The van der Waals surface area contributed by atoms with Crippen molar-refractivity contribution in [2.75, 3.05) is 19.6 Å². The van der Waals surface area contributed by atoms with Gasteiger partial charge in [0.25, 0.3) is 0 Å². The predicted molar refractivity (Wildman–Crippen MR) is 69.7 cm³/mol. The lowest BCUT2D eigenvalue weighted by molar-refractivity contribution is 0.256. The van der Waals surface area contributed by atoms with E-state index in [9.17, 15) is 0 Å². The molecule has 0 aliphatic carbocycles. The minimum absolute atomic E-state index is 0.908. The highest BCUT2D eigenvalue weighted by Crippen LogP contribution is 2.16. The van der Waals surface area contributed by atoms with Gasteiger partial charge in [-0.2, -0.15) is 0 Å². The van der Waals surface area contributed by atoms with E-state index in [1.165, 1.54) is 11.1 Å². The van der Waals surface area contributed by atoms with Gasteiger partial charge >= 0.3 is 0 Å². The van der Waals surface area contributed by atoms with Crippen molar-refractivity contribution in [3.05, 3.63) is 35.3 Å². The van der Waals surface area contributed by atoms with Crippen molar-refractivity contribution in [2.24, 2.45) is 0 Å². The largest absolute Gasteiger partial charge is 0.468 e. The van der Waals surface area contributed by atoms with Crippen LogP contribution in [0.4, 0.5) is 0 Å². The molecule has 0 spiro atoms. The first-order chi connectivity index (χ1) is 8.29. The van der Waals surface area contributed by atoms with Gasteiger partial charge in [-0.25, -0.2) is 0 Å². The highest BCUT2D eigenvalue weighted by molar-refractivity contribution is 5.17. The van der Waals surface area contributed by atoms with Gasteiger partial charge in [-0.05, 0) is 26.0 Å². The Balaban J connectivity index is 1.94. The molecule has 1 N–H and O–H groups in total. The lowest BCUT2D eigenvalue weighted by Gasteiger charge is -2.25. The molecule has 0 bridgehead atoms. The fraction of sp³-hybridized carbons (Fsp3) is 0.571. The normalized spacial score (nSPS) is 17.2. The summed E-state index contributed by atoms with van der Waals surface area (Å²) in [6, 6.07) is 2.07. The Morgan fingerprint density at radius 1 is 1.47 bits per heavy atom. The number of hydrogen-bond acceptors (Lipinski definition) is 3. The number of nitrogens with zero attached hydrogens (tertiary/aromatic N) is 1. The second-order valence-electron chi connectivity index (χ2n) is 4.70. The molecule has 2 rings (SSSR count). The zero-order valence-electron chi connectivity index (χ0n) is 10.8. The third-order valence-corrected chi connectivity index (χ3v) is 3.18. The van der Waals surface area contributed by atoms with E-state index in [0.29, 0.717) is 0 Å². The maximum absolute atomic E-state index is 5.60. The zero-order valence-corrected chi connectivity index (χ0v) is 10.8. The predicted octanol–water partition coefficient (Wildman–Crippen LogP) is 2.54. The molecule has 1 aliphatic heterocycles. The van der Waals surface area contributed by atoms with Crippen LogP contribution in [0, 0.1) is 0 Å². The topological polar surface area (TPSA) is 28.4 Å². The van der Waals surface area contributed by atoms with Crippen molar-refractivity contribution in [2.45, 2.75) is 33.4 Å². The van der Waals surface area contributed by atoms with Crippen LogP contribution in [-0.4, -0.2) is 24.5 Å². The third-order valence-electron chi connectivity index (χ3n) is 3.18. The van der Waals surface area contributed by atoms with Crippen LogP contribution in [0.25, 0.3) is 0 Å². The number of furan rings is 1. The minimum Gasteiger partial charge on any atom is -0.468 e. The molecule has 0 fully saturated rings. The second-order valence-corrected chi connectivity index (χ2v) is 4.70. The summed E-state index contributed by atoms with van der Waals surface area (Å²) in [5, 5.41) is 3.35. The summed E-state index contributed by atoms with van der Waals surface area (Å²) in [6.45, 7) is 9.37. The van der Waals surface area contributed by atoms with Crippen molar-refractivity contribution < 1.29 is 4.42 Å². The highest BCUT2D eigenvalue weighted by atomic mass is 16.3. The van der Waals surface area contributed by atoms with Gasteiger partial charge < -0.3 is 9.73 Å². The molecule has 0 saturated carbocycles. The van der Waals surface area contributed by atoms with E-state index >= 15 is 0 Å². The van der Waals surface area contributed by atoms with Crippen LogP contribution < -0.4 is 5.32 Å². The second kappa shape index (κ2) is 6.03. The van der Waals surface area contributed by atoms with E-state index in [4.69, 9.17) is 4.42 Å². The van der Waals surface area contributed by atoms with Gasteiger partial charge in [-0.1, -0.05) is 18.6 Å². The SMILES string of the molecule is CCNCc1ccoc1CN1CCC=C(C)C1. The maximum atomic E-state index is 5.60. The molecular formula is C14H22N2O. The lowest BCUT2D eigenvalue weighted by Crippen LogP contribution is -2.29. The molecule has 0 aromatic carbocycles. The molecule has 0 radical (unpaired) electrons. The van der Waals surface area contributed by atoms with E-state index in [1.807, 2.05) is 0 Å². The maximum Gasteiger partial charge on any atom is 0.122 e. The summed E-state index contributed by atoms with van der Waals surface area (Å²) in [4.78, 5) is 2.45. The summed E-state index contributed by atoms with van der Waals surface area (Å²) < 4.78 is 5.60. The summed E-state index contributed by atoms with van der Waals surface area (Å²) in [7, 11) is 0. The van der Waals surface area contributed by atoms with E-state index in [1.54, 1.807) is 6.26 Å². The van der Waals surface area contributed by atoms with E-state index < -0.39 is 0 Å². The van der Waals surface area contributed by atoms with Crippen molar-refractivity contribution in [1.29, 1.82) is 0 Å². The molecular weight excluding hydrogens is 212 g/mol. The van der Waals surface area contributed by atoms with Crippen molar-refractivity contribution in [1.82, 2.24) is 10.2 Å². The Kier molecular flexibility index (Phi) is 4.40. The Hall–Kier alpha value is -1.06. The molecule has 2 heterocycles. The molecule has 0 atom stereocenters. The molecule has 3 heteroatoms. The number of nitrogens with one attached hydrogen (secondary N) is 1. The third kappa shape index (κ3) is 3.45. The van der Waals surface area contributed by atoms with Crippen molar-refractivity contribution in [3.8, 4) is 0 Å². The molecule has 1 aromatic rings. The van der Waals surface area contributed by atoms with Crippen LogP contribution in [0.5, 0.6) is 0 Å². The fourth-order valence-electron chi connectivity index (χ4n) is 2.25. The zero-order chi connectivity index (χ0) is 12.1. The molecule has 1 aromatic heterocycles. The first-order valence-corrected chi connectivity index (χ1v) is 6.43. The van der Waals surface area contributed by atoms with Crippen molar-refractivity contribution >= 4 is 0 Å². The lowest BCUT2D eigenvalue weighted by atomic mass is 10.1. The molecule has 94 valence electrons. The smallest absolute Gasteiger partial charge is 0.122 e. The number of hydrogen-bond donors (Lipinski definition) is 1. The average Bonchev–Trinajstić information content (AvgIpc) is 2.74. The Bertz CT molecular complexity index is 381. The van der Waals surface area contributed by atoms with Crippen molar-refractivity contribution in [3.63, 3.8) is 0 Å². The minimum atomic E-state index is 0.908. The summed E-state index contributed by atoms with van der Waals surface area (Å²) in [5.41, 5.74) is 2.76. The molecule has 0 saturated heterocycles. The van der Waals surface area contributed by atoms with Gasteiger partial charge in [0, 0.05) is 25.2 Å². The Morgan fingerprint density at radius 3 is 3.12 bits per heavy atom. The van der Waals surface area contributed by atoms with E-state index in [0.717, 1.165) is 44.9 Å². The monoisotopic (exact) mass is 234 g/mol. The Labute approximate surface area is 103 Å². The van der Waals surface area contributed by atoms with Gasteiger partial charge in [0.05, 0.1) is 12.8 Å². The van der Waals surface area contributed by atoms with Gasteiger partial charge in [-0.3, -0.25) is 4.90 Å². The molecule has 3 nitrogen and oxygen atoms in total. The van der Waals surface area contributed by atoms with Crippen LogP contribution in [0.3, 0.4) is 0 Å². The molecule has 1 aliphatic rings. The first kappa shape index (κ1) is 12.4. The van der Waals surface area contributed by atoms with Crippen LogP contribution in [0.15, 0.2) is 28.4 Å². The van der Waals surface area contributed by atoms with E-state index in [2.05, 4.69) is 36.2 Å². The van der Waals surface area contributed by atoms with Gasteiger partial charge in [0.15, 0.2) is 0 Å². The quantitative estimate of drug-likeness (QED) is 0.794. The Morgan fingerprint density at radius 2 is 2.35 bits per heavy atom. The average molecular weight is 234 g/mol. The summed E-state index contributed by atoms with van der Waals surface area (Å²) in [6.07, 6.45) is 5.29. The van der Waals surface area contributed by atoms with Crippen LogP contribution in [-0.2, 0) is 13.1 Å². The molecule has 17 heavy (non-hydrogen) atoms. The standard InChI is InChI=1S/C14H22N2O/c1-3-15-9-13-6-8-17-14(13)11-16-7-4-5-12(2)10-16/h5-6,8,15H,3-4,7,9-11H2,1-2H3. The van der Waals surface area contributed by atoms with E-state index in [-0.39, 0.29) is 0 Å². The van der Waals surface area contributed by atoms with Gasteiger partial charge in [0.1, 0.15) is 5.76 Å². The highest BCUT2D eigenvalue weighted by Gasteiger charge is 2.14. The van der Waals surface area contributed by atoms with Crippen LogP contribution >= 0.6 is 0 Å². The van der Waals surface area contributed by atoms with Gasteiger partial charge in [0.2, 0.25) is 0 Å². The molecule has 0 unspecified atom stereocenters. The van der Waals surface area contributed by atoms with Crippen LogP contribution in [0.1, 0.15) is 31.6 Å². The molecule has 0 amide bonds. The van der Waals surface area contributed by atoms with Crippen LogP contribution in [0.2, 0.25) is 0 Å². The first-order valence-electron chi connectivity index (χ1n) is 6.43. The summed E-state index contributed by atoms with van der Waals surface area (Å²) in [5.74, 6) is 1.11. The van der Waals surface area contributed by atoms with Gasteiger partial charge in [-0.15, -0.1) is 0 Å².